The first-order chi connectivity index (χ1) is 13.0. The Bertz CT molecular complexity index is 997. The van der Waals surface area contributed by atoms with Gasteiger partial charge in [-0.05, 0) is 54.5 Å². The highest BCUT2D eigenvalue weighted by Gasteiger charge is 2.23. The van der Waals surface area contributed by atoms with Crippen molar-refractivity contribution in [2.24, 2.45) is 5.92 Å². The monoisotopic (exact) mass is 399 g/mol. The Kier molecular flexibility index (Phi) is 5.06. The predicted molar refractivity (Wildman–Crippen MR) is 112 cm³/mol. The molecule has 140 valence electrons. The van der Waals surface area contributed by atoms with E-state index in [1.165, 1.54) is 35.4 Å². The van der Waals surface area contributed by atoms with Crippen LogP contribution in [0, 0.1) is 5.92 Å². The molecular weight excluding hydrogens is 378 g/mol. The minimum absolute atomic E-state index is 0.158. The number of nitrogens with zero attached hydrogens (tertiary/aromatic N) is 1. The molecule has 4 nitrogen and oxygen atoms in total. The van der Waals surface area contributed by atoms with E-state index in [4.69, 9.17) is 22.3 Å². The zero-order valence-corrected chi connectivity index (χ0v) is 16.8. The van der Waals surface area contributed by atoms with Gasteiger partial charge in [0.05, 0.1) is 5.69 Å². The van der Waals surface area contributed by atoms with Gasteiger partial charge in [0.1, 0.15) is 9.71 Å². The van der Waals surface area contributed by atoms with Crippen LogP contribution in [0.1, 0.15) is 46.3 Å². The molecule has 0 saturated carbocycles. The lowest BCUT2D eigenvalue weighted by Gasteiger charge is -2.22. The summed E-state index contributed by atoms with van der Waals surface area (Å²) in [7, 11) is 0. The molecule has 1 atom stereocenters. The smallest absolute Gasteiger partial charge is 0.263 e. The van der Waals surface area contributed by atoms with E-state index in [0.29, 0.717) is 22.1 Å². The Labute approximate surface area is 167 Å². The summed E-state index contributed by atoms with van der Waals surface area (Å²) in [5.74, 6) is 0.564. The molecule has 1 aliphatic rings. The van der Waals surface area contributed by atoms with Gasteiger partial charge < -0.3 is 11.1 Å². The van der Waals surface area contributed by atoms with Crippen molar-refractivity contribution in [3.8, 4) is 0 Å². The summed E-state index contributed by atoms with van der Waals surface area (Å²) in [6.07, 6.45) is 4.45. The number of carbonyl (C=O) groups excluding carboxylic acids is 1. The lowest BCUT2D eigenvalue weighted by atomic mass is 9.85. The molecule has 2 heterocycles. The molecule has 0 spiro atoms. The van der Waals surface area contributed by atoms with Crippen molar-refractivity contribution in [3.05, 3.63) is 57.1 Å². The Morgan fingerprint density at radius 2 is 2.15 bits per heavy atom. The summed E-state index contributed by atoms with van der Waals surface area (Å²) in [6.45, 7) is 2.68. The highest BCUT2D eigenvalue weighted by Crippen LogP contribution is 2.36. The van der Waals surface area contributed by atoms with Crippen molar-refractivity contribution in [2.45, 2.75) is 39.2 Å². The molecule has 1 unspecified atom stereocenters. The fraction of sp³-hybridized carbons (Fsp3) is 0.333. The topological polar surface area (TPSA) is 68.0 Å². The van der Waals surface area contributed by atoms with Crippen molar-refractivity contribution in [2.75, 3.05) is 5.73 Å². The molecule has 4 rings (SSSR count). The van der Waals surface area contributed by atoms with Gasteiger partial charge in [-0.2, -0.15) is 0 Å². The summed E-state index contributed by atoms with van der Waals surface area (Å²) in [6, 6.07) is 9.58. The van der Waals surface area contributed by atoms with Gasteiger partial charge in [-0.3, -0.25) is 4.79 Å². The van der Waals surface area contributed by atoms with Crippen LogP contribution >= 0.6 is 22.9 Å². The molecule has 3 aromatic rings. The van der Waals surface area contributed by atoms with Gasteiger partial charge in [0.15, 0.2) is 0 Å². The molecule has 1 aliphatic carbocycles. The number of nitrogen functional groups attached to an aromatic ring is 1. The summed E-state index contributed by atoms with van der Waals surface area (Å²) >= 11 is 7.28. The molecule has 1 amide bonds. The van der Waals surface area contributed by atoms with Crippen LogP contribution in [0.15, 0.2) is 30.3 Å². The van der Waals surface area contributed by atoms with Crippen LogP contribution in [0.2, 0.25) is 5.02 Å². The number of hydrogen-bond acceptors (Lipinski definition) is 4. The molecular formula is C21H22ClN3OS. The Morgan fingerprint density at radius 3 is 2.89 bits per heavy atom. The number of thiophene rings is 1. The van der Waals surface area contributed by atoms with E-state index in [0.717, 1.165) is 34.5 Å². The van der Waals surface area contributed by atoms with E-state index in [-0.39, 0.29) is 5.91 Å². The number of benzene rings is 1. The van der Waals surface area contributed by atoms with Gasteiger partial charge >= 0.3 is 0 Å². The standard InChI is InChI=1S/C21H22ClN3OS/c1-2-12-5-8-17-14(9-12)10-16-18(23)19(27-21(16)25-17)20(26)24-11-13-3-6-15(22)7-4-13/h3-4,6-7,10,12H,2,5,8-9,11,23H2,1H3,(H,24,26). The maximum absolute atomic E-state index is 12.7. The van der Waals surface area contributed by atoms with Crippen molar-refractivity contribution in [1.82, 2.24) is 10.3 Å². The van der Waals surface area contributed by atoms with E-state index in [1.54, 1.807) is 0 Å². The quantitative estimate of drug-likeness (QED) is 0.650. The van der Waals surface area contributed by atoms with Gasteiger partial charge in [-0.25, -0.2) is 4.98 Å². The Hall–Kier alpha value is -2.11. The molecule has 0 fully saturated rings. The molecule has 0 radical (unpaired) electrons. The molecule has 2 aromatic heterocycles. The third-order valence-corrected chi connectivity index (χ3v) is 6.70. The average Bonchev–Trinajstić information content (AvgIpc) is 3.01. The highest BCUT2D eigenvalue weighted by molar-refractivity contribution is 7.21. The zero-order valence-electron chi connectivity index (χ0n) is 15.2. The normalized spacial score (nSPS) is 16.3. The van der Waals surface area contributed by atoms with E-state index < -0.39 is 0 Å². The fourth-order valence-electron chi connectivity index (χ4n) is 3.65. The van der Waals surface area contributed by atoms with E-state index >= 15 is 0 Å². The number of rotatable bonds is 4. The number of aromatic nitrogens is 1. The van der Waals surface area contributed by atoms with Crippen LogP contribution in [0.3, 0.4) is 0 Å². The first kappa shape index (κ1) is 18.3. The number of nitrogens with one attached hydrogen (secondary N) is 1. The minimum atomic E-state index is -0.158. The maximum Gasteiger partial charge on any atom is 0.263 e. The molecule has 6 heteroatoms. The Balaban J connectivity index is 1.57. The fourth-order valence-corrected chi connectivity index (χ4v) is 4.79. The second-order valence-corrected chi connectivity index (χ2v) is 8.55. The second kappa shape index (κ2) is 7.49. The van der Waals surface area contributed by atoms with Crippen LogP contribution in [-0.4, -0.2) is 10.9 Å². The molecule has 3 N–H and O–H groups in total. The SMILES string of the molecule is CCC1CCc2nc3sc(C(=O)NCc4ccc(Cl)cc4)c(N)c3cc2C1. The van der Waals surface area contributed by atoms with Crippen LogP contribution < -0.4 is 11.1 Å². The van der Waals surface area contributed by atoms with Crippen molar-refractivity contribution >= 4 is 44.7 Å². The van der Waals surface area contributed by atoms with Gasteiger partial charge in [0.2, 0.25) is 0 Å². The number of nitrogens with two attached hydrogens (primary N) is 1. The lowest BCUT2D eigenvalue weighted by molar-refractivity contribution is 0.0956. The highest BCUT2D eigenvalue weighted by atomic mass is 35.5. The second-order valence-electron chi connectivity index (χ2n) is 7.12. The molecule has 1 aromatic carbocycles. The number of amides is 1. The minimum Gasteiger partial charge on any atom is -0.397 e. The number of fused-ring (bicyclic) bond motifs is 2. The number of anilines is 1. The van der Waals surface area contributed by atoms with Crippen LogP contribution in [-0.2, 0) is 19.4 Å². The molecule has 0 saturated heterocycles. The lowest BCUT2D eigenvalue weighted by Crippen LogP contribution is -2.22. The summed E-state index contributed by atoms with van der Waals surface area (Å²) < 4.78 is 0. The third-order valence-electron chi connectivity index (χ3n) is 5.34. The zero-order chi connectivity index (χ0) is 19.0. The number of aryl methyl sites for hydroxylation is 1. The molecule has 0 bridgehead atoms. The largest absolute Gasteiger partial charge is 0.397 e. The van der Waals surface area contributed by atoms with Crippen molar-refractivity contribution in [1.29, 1.82) is 0 Å². The van der Waals surface area contributed by atoms with Gasteiger partial charge in [0.25, 0.3) is 5.91 Å². The maximum atomic E-state index is 12.7. The summed E-state index contributed by atoms with van der Waals surface area (Å²) in [5, 5.41) is 4.53. The van der Waals surface area contributed by atoms with Crippen LogP contribution in [0.5, 0.6) is 0 Å². The number of pyridine rings is 1. The van der Waals surface area contributed by atoms with E-state index in [1.807, 2.05) is 24.3 Å². The van der Waals surface area contributed by atoms with Crippen molar-refractivity contribution < 1.29 is 4.79 Å². The van der Waals surface area contributed by atoms with Crippen LogP contribution in [0.25, 0.3) is 10.2 Å². The molecule has 0 aliphatic heterocycles. The molecule has 27 heavy (non-hydrogen) atoms. The first-order valence-electron chi connectivity index (χ1n) is 9.28. The average molecular weight is 400 g/mol. The first-order valence-corrected chi connectivity index (χ1v) is 10.5. The van der Waals surface area contributed by atoms with Gasteiger partial charge in [-0.1, -0.05) is 37.1 Å². The van der Waals surface area contributed by atoms with Crippen molar-refractivity contribution in [3.63, 3.8) is 0 Å². The van der Waals surface area contributed by atoms with E-state index in [2.05, 4.69) is 18.3 Å². The number of carbonyl (C=O) groups is 1. The van der Waals surface area contributed by atoms with E-state index in [9.17, 15) is 4.79 Å². The van der Waals surface area contributed by atoms with Gasteiger partial charge in [-0.15, -0.1) is 11.3 Å². The van der Waals surface area contributed by atoms with Crippen LogP contribution in [0.4, 0.5) is 5.69 Å². The summed E-state index contributed by atoms with van der Waals surface area (Å²) in [4.78, 5) is 18.9. The number of hydrogen-bond donors (Lipinski definition) is 2. The Morgan fingerprint density at radius 1 is 1.37 bits per heavy atom. The summed E-state index contributed by atoms with van der Waals surface area (Å²) in [5.41, 5.74) is 10.3. The number of halogens is 1. The third kappa shape index (κ3) is 3.66. The van der Waals surface area contributed by atoms with Gasteiger partial charge in [0, 0.05) is 22.6 Å². The predicted octanol–water partition coefficient (Wildman–Crippen LogP) is 4.98.